The number of alkyl halides is 3. The molecule has 0 spiro atoms. The number of amides is 1. The van der Waals surface area contributed by atoms with Gasteiger partial charge in [-0.15, -0.1) is 0 Å². The van der Waals surface area contributed by atoms with Crippen LogP contribution in [0.3, 0.4) is 0 Å². The van der Waals surface area contributed by atoms with Gasteiger partial charge in [-0.05, 0) is 42.5 Å². The number of carbonyl (C=O) groups excluding carboxylic acids is 1. The van der Waals surface area contributed by atoms with E-state index >= 15 is 0 Å². The predicted molar refractivity (Wildman–Crippen MR) is 123 cm³/mol. The molecule has 0 bridgehead atoms. The lowest BCUT2D eigenvalue weighted by Crippen LogP contribution is -2.12. The molecule has 0 saturated carbocycles. The number of nitrogens with zero attached hydrogens (tertiary/aromatic N) is 2. The Kier molecular flexibility index (Phi) is 6.38. The van der Waals surface area contributed by atoms with Gasteiger partial charge < -0.3 is 5.32 Å². The van der Waals surface area contributed by atoms with Gasteiger partial charge in [0.15, 0.2) is 5.69 Å². The normalized spacial score (nSPS) is 11.5. The maximum Gasteiger partial charge on any atom is 0.435 e. The lowest BCUT2D eigenvalue weighted by Gasteiger charge is -2.11. The van der Waals surface area contributed by atoms with Crippen LogP contribution in [0.1, 0.15) is 16.1 Å². The third-order valence-corrected chi connectivity index (χ3v) is 5.86. The maximum absolute atomic E-state index is 13.4. The van der Waals surface area contributed by atoms with E-state index < -0.39 is 17.8 Å². The highest BCUT2D eigenvalue weighted by atomic mass is 35.5. The number of hydrogen-bond donors (Lipinski definition) is 1. The third kappa shape index (κ3) is 4.85. The molecule has 0 fully saturated rings. The lowest BCUT2D eigenvalue weighted by atomic mass is 10.1. The van der Waals surface area contributed by atoms with Crippen LogP contribution < -0.4 is 5.32 Å². The van der Waals surface area contributed by atoms with E-state index in [1.807, 2.05) is 0 Å². The smallest absolute Gasteiger partial charge is 0.321 e. The van der Waals surface area contributed by atoms with Crippen molar-refractivity contribution in [2.75, 3.05) is 5.32 Å². The molecular weight excluding hydrogens is 498 g/mol. The molecule has 0 radical (unpaired) electrons. The van der Waals surface area contributed by atoms with Gasteiger partial charge in [0.1, 0.15) is 0 Å². The van der Waals surface area contributed by atoms with E-state index in [1.165, 1.54) is 24.3 Å². The Morgan fingerprint density at radius 1 is 0.879 bits per heavy atom. The maximum atomic E-state index is 13.4. The molecule has 1 N–H and O–H groups in total. The minimum absolute atomic E-state index is 0.167. The molecule has 0 unspecified atom stereocenters. The summed E-state index contributed by atoms with van der Waals surface area (Å²) >= 11 is 18.3. The molecule has 4 nitrogen and oxygen atoms in total. The molecule has 0 aliphatic heterocycles. The van der Waals surface area contributed by atoms with Crippen molar-refractivity contribution >= 4 is 46.4 Å². The second-order valence-corrected chi connectivity index (χ2v) is 8.10. The number of nitrogens with one attached hydrogen (secondary N) is 1. The Balaban J connectivity index is 1.69. The molecule has 4 rings (SSSR count). The second kappa shape index (κ2) is 9.09. The van der Waals surface area contributed by atoms with Crippen LogP contribution in [-0.4, -0.2) is 15.7 Å². The Bertz CT molecular complexity index is 1340. The van der Waals surface area contributed by atoms with Gasteiger partial charge in [-0.2, -0.15) is 18.3 Å². The Morgan fingerprint density at radius 2 is 1.55 bits per heavy atom. The molecule has 0 atom stereocenters. The van der Waals surface area contributed by atoms with E-state index in [4.69, 9.17) is 34.8 Å². The lowest BCUT2D eigenvalue weighted by molar-refractivity contribution is -0.141. The van der Waals surface area contributed by atoms with Crippen LogP contribution in [0, 0.1) is 0 Å². The predicted octanol–water partition coefficient (Wildman–Crippen LogP) is 7.77. The number of hydrogen-bond acceptors (Lipinski definition) is 2. The number of rotatable bonds is 4. The highest BCUT2D eigenvalue weighted by Gasteiger charge is 2.35. The van der Waals surface area contributed by atoms with E-state index in [0.717, 1.165) is 10.7 Å². The zero-order chi connectivity index (χ0) is 23.8. The quantitative estimate of drug-likeness (QED) is 0.305. The van der Waals surface area contributed by atoms with Gasteiger partial charge in [-0.3, -0.25) is 4.79 Å². The fourth-order valence-corrected chi connectivity index (χ4v) is 3.68. The largest absolute Gasteiger partial charge is 0.435 e. The van der Waals surface area contributed by atoms with Crippen LogP contribution in [0.15, 0.2) is 72.8 Å². The van der Waals surface area contributed by atoms with E-state index in [-0.39, 0.29) is 26.3 Å². The van der Waals surface area contributed by atoms with Gasteiger partial charge in [-0.1, -0.05) is 65.1 Å². The number of benzene rings is 3. The first kappa shape index (κ1) is 23.2. The van der Waals surface area contributed by atoms with Gasteiger partial charge in [-0.25, -0.2) is 4.68 Å². The van der Waals surface area contributed by atoms with Crippen molar-refractivity contribution in [2.24, 2.45) is 0 Å². The fourth-order valence-electron chi connectivity index (χ4n) is 3.12. The zero-order valence-electron chi connectivity index (χ0n) is 16.5. The molecule has 1 heterocycles. The summed E-state index contributed by atoms with van der Waals surface area (Å²) in [5.41, 5.74) is 0.423. The molecule has 1 aromatic heterocycles. The summed E-state index contributed by atoms with van der Waals surface area (Å²) in [6, 6.07) is 18.2. The van der Waals surface area contributed by atoms with Crippen molar-refractivity contribution in [3.05, 3.63) is 99.1 Å². The average molecular weight is 511 g/mol. The molecule has 1 amide bonds. The van der Waals surface area contributed by atoms with Gasteiger partial charge in [0.25, 0.3) is 5.91 Å². The van der Waals surface area contributed by atoms with Gasteiger partial charge in [0.2, 0.25) is 0 Å². The van der Waals surface area contributed by atoms with E-state index in [1.54, 1.807) is 42.5 Å². The highest BCUT2D eigenvalue weighted by molar-refractivity contribution is 6.44. The first-order valence-electron chi connectivity index (χ1n) is 9.43. The Morgan fingerprint density at radius 3 is 2.21 bits per heavy atom. The van der Waals surface area contributed by atoms with Gasteiger partial charge in [0, 0.05) is 11.1 Å². The fraction of sp³-hybridized carbons (Fsp3) is 0.0435. The van der Waals surface area contributed by atoms with E-state index in [0.29, 0.717) is 16.9 Å². The van der Waals surface area contributed by atoms with Crippen molar-refractivity contribution in [2.45, 2.75) is 6.18 Å². The summed E-state index contributed by atoms with van der Waals surface area (Å²) in [5.74, 6) is -0.457. The summed E-state index contributed by atoms with van der Waals surface area (Å²) in [4.78, 5) is 12.6. The van der Waals surface area contributed by atoms with Crippen LogP contribution in [0.25, 0.3) is 16.9 Å². The van der Waals surface area contributed by atoms with Crippen LogP contribution >= 0.6 is 34.8 Å². The third-order valence-electron chi connectivity index (χ3n) is 4.72. The number of anilines is 1. The minimum Gasteiger partial charge on any atom is -0.321 e. The second-order valence-electron chi connectivity index (χ2n) is 6.91. The first-order chi connectivity index (χ1) is 15.6. The first-order valence-corrected chi connectivity index (χ1v) is 10.6. The number of aromatic nitrogens is 2. The number of para-hydroxylation sites is 1. The van der Waals surface area contributed by atoms with E-state index in [9.17, 15) is 18.0 Å². The van der Waals surface area contributed by atoms with Crippen molar-refractivity contribution in [1.82, 2.24) is 9.78 Å². The topological polar surface area (TPSA) is 46.9 Å². The van der Waals surface area contributed by atoms with Crippen molar-refractivity contribution in [1.29, 1.82) is 0 Å². The van der Waals surface area contributed by atoms with Gasteiger partial charge >= 0.3 is 6.18 Å². The Labute approximate surface area is 201 Å². The molecular formula is C23H13Cl3F3N3O. The monoisotopic (exact) mass is 509 g/mol. The molecule has 0 saturated heterocycles. The minimum atomic E-state index is -4.64. The summed E-state index contributed by atoms with van der Waals surface area (Å²) in [6.07, 6.45) is -4.64. The zero-order valence-corrected chi connectivity index (χ0v) is 18.8. The van der Waals surface area contributed by atoms with Crippen LogP contribution in [0.5, 0.6) is 0 Å². The SMILES string of the molecule is O=C(Nc1cccc(Cl)c1Cl)c1ccc(-c2cc(C(F)(F)F)nn2-c2ccccc2Cl)cc1. The van der Waals surface area contributed by atoms with Crippen molar-refractivity contribution < 1.29 is 18.0 Å². The summed E-state index contributed by atoms with van der Waals surface area (Å²) in [7, 11) is 0. The van der Waals surface area contributed by atoms with Crippen molar-refractivity contribution in [3.63, 3.8) is 0 Å². The molecule has 3 aromatic carbocycles. The molecule has 168 valence electrons. The number of halogens is 6. The summed E-state index contributed by atoms with van der Waals surface area (Å²) in [5, 5.41) is 7.11. The van der Waals surface area contributed by atoms with Crippen LogP contribution in [0.4, 0.5) is 18.9 Å². The van der Waals surface area contributed by atoms with Gasteiger partial charge in [0.05, 0.1) is 32.1 Å². The molecule has 0 aliphatic rings. The molecule has 10 heteroatoms. The molecule has 33 heavy (non-hydrogen) atoms. The number of carbonyl (C=O) groups is 1. The molecule has 4 aromatic rings. The summed E-state index contributed by atoms with van der Waals surface area (Å²) in [6.45, 7) is 0. The molecule has 0 aliphatic carbocycles. The van der Waals surface area contributed by atoms with Crippen LogP contribution in [0.2, 0.25) is 15.1 Å². The summed E-state index contributed by atoms with van der Waals surface area (Å²) < 4.78 is 41.2. The highest BCUT2D eigenvalue weighted by Crippen LogP contribution is 2.35. The van der Waals surface area contributed by atoms with Crippen LogP contribution in [-0.2, 0) is 6.18 Å². The standard InChI is InChI=1S/C23H13Cl3F3N3O/c24-15-4-1-2-7-18(15)32-19(12-20(31-32)23(27,28)29)13-8-10-14(11-9-13)22(33)30-17-6-3-5-16(25)21(17)26/h1-12H,(H,30,33). The van der Waals surface area contributed by atoms with Crippen molar-refractivity contribution in [3.8, 4) is 16.9 Å². The average Bonchev–Trinajstić information content (AvgIpc) is 3.23. The van der Waals surface area contributed by atoms with E-state index in [2.05, 4.69) is 10.4 Å². The Hall–Kier alpha value is -3.00.